The van der Waals surface area contributed by atoms with Gasteiger partial charge < -0.3 is 10.4 Å². The maximum Gasteiger partial charge on any atom is 0.0543 e. The fourth-order valence-electron chi connectivity index (χ4n) is 2.95. The molecule has 1 fully saturated rings. The van der Waals surface area contributed by atoms with Gasteiger partial charge >= 0.3 is 0 Å². The van der Waals surface area contributed by atoms with Crippen LogP contribution >= 0.6 is 15.9 Å². The Hall–Kier alpha value is -0.380. The van der Waals surface area contributed by atoms with Crippen LogP contribution in [0.1, 0.15) is 50.6 Å². The van der Waals surface area contributed by atoms with Gasteiger partial charge in [-0.1, -0.05) is 41.4 Å². The molecule has 1 aromatic rings. The molecule has 0 amide bonds. The van der Waals surface area contributed by atoms with Crippen molar-refractivity contribution in [3.8, 4) is 0 Å². The molecule has 2 rings (SSSR count). The molecular weight excluding hydrogens is 302 g/mol. The van der Waals surface area contributed by atoms with Gasteiger partial charge in [0, 0.05) is 10.5 Å². The molecule has 2 nitrogen and oxygen atoms in total. The van der Waals surface area contributed by atoms with Crippen molar-refractivity contribution in [2.24, 2.45) is 5.92 Å². The summed E-state index contributed by atoms with van der Waals surface area (Å²) in [4.78, 5) is 0. The van der Waals surface area contributed by atoms with E-state index in [1.165, 1.54) is 18.4 Å². The molecular formula is C16H24BrNO. The summed E-state index contributed by atoms with van der Waals surface area (Å²) in [6.07, 6.45) is 5.39. The van der Waals surface area contributed by atoms with Gasteiger partial charge in [-0.3, -0.25) is 0 Å². The quantitative estimate of drug-likeness (QED) is 0.856. The number of halogens is 1. The molecule has 3 unspecified atom stereocenters. The van der Waals surface area contributed by atoms with Crippen molar-refractivity contribution in [3.63, 3.8) is 0 Å². The van der Waals surface area contributed by atoms with E-state index < -0.39 is 0 Å². The van der Waals surface area contributed by atoms with E-state index in [9.17, 15) is 5.11 Å². The SMILES string of the molecule is CCC(NCC1CCCC(O)C1)c1ccc(Br)cc1. The van der Waals surface area contributed by atoms with Crippen LogP contribution in [-0.4, -0.2) is 17.8 Å². The molecule has 0 heterocycles. The van der Waals surface area contributed by atoms with E-state index in [0.29, 0.717) is 12.0 Å². The summed E-state index contributed by atoms with van der Waals surface area (Å²) < 4.78 is 1.13. The summed E-state index contributed by atoms with van der Waals surface area (Å²) in [5, 5.41) is 13.4. The molecule has 0 aliphatic heterocycles. The minimum Gasteiger partial charge on any atom is -0.393 e. The molecule has 0 spiro atoms. The minimum absolute atomic E-state index is 0.0756. The van der Waals surface area contributed by atoms with E-state index in [-0.39, 0.29) is 6.10 Å². The van der Waals surface area contributed by atoms with E-state index in [1.807, 2.05) is 0 Å². The summed E-state index contributed by atoms with van der Waals surface area (Å²) >= 11 is 3.48. The third-order valence-corrected chi connectivity index (χ3v) is 4.62. The second kappa shape index (κ2) is 7.41. The third kappa shape index (κ3) is 4.59. The Balaban J connectivity index is 1.87. The molecule has 1 saturated carbocycles. The first-order chi connectivity index (χ1) is 9.19. The Bertz CT molecular complexity index is 379. The van der Waals surface area contributed by atoms with Gasteiger partial charge in [-0.25, -0.2) is 0 Å². The molecule has 3 atom stereocenters. The van der Waals surface area contributed by atoms with Crippen molar-refractivity contribution in [1.82, 2.24) is 5.32 Å². The zero-order valence-electron chi connectivity index (χ0n) is 11.6. The summed E-state index contributed by atoms with van der Waals surface area (Å²) in [6.45, 7) is 3.24. The van der Waals surface area contributed by atoms with Crippen LogP contribution in [0.15, 0.2) is 28.7 Å². The zero-order valence-corrected chi connectivity index (χ0v) is 13.2. The van der Waals surface area contributed by atoms with Crippen LogP contribution < -0.4 is 5.32 Å². The van der Waals surface area contributed by atoms with Crippen molar-refractivity contribution in [3.05, 3.63) is 34.3 Å². The Morgan fingerprint density at radius 1 is 1.32 bits per heavy atom. The Kier molecular flexibility index (Phi) is 5.86. The molecule has 3 heteroatoms. The van der Waals surface area contributed by atoms with Gasteiger partial charge in [0.1, 0.15) is 0 Å². The molecule has 0 aromatic heterocycles. The maximum absolute atomic E-state index is 9.72. The highest BCUT2D eigenvalue weighted by molar-refractivity contribution is 9.10. The minimum atomic E-state index is -0.0756. The van der Waals surface area contributed by atoms with Gasteiger partial charge in [0.15, 0.2) is 0 Å². The van der Waals surface area contributed by atoms with Crippen LogP contribution in [0.3, 0.4) is 0 Å². The summed E-state index contributed by atoms with van der Waals surface area (Å²) in [7, 11) is 0. The maximum atomic E-state index is 9.72. The van der Waals surface area contributed by atoms with Crippen molar-refractivity contribution in [2.75, 3.05) is 6.54 Å². The molecule has 1 aliphatic carbocycles. The van der Waals surface area contributed by atoms with Crippen molar-refractivity contribution < 1.29 is 5.11 Å². The number of hydrogen-bond acceptors (Lipinski definition) is 2. The topological polar surface area (TPSA) is 32.3 Å². The fourth-order valence-corrected chi connectivity index (χ4v) is 3.21. The Labute approximate surface area is 124 Å². The number of hydrogen-bond donors (Lipinski definition) is 2. The van der Waals surface area contributed by atoms with Crippen molar-refractivity contribution in [2.45, 2.75) is 51.2 Å². The molecule has 1 aromatic carbocycles. The second-order valence-corrected chi connectivity index (χ2v) is 6.52. The molecule has 0 bridgehead atoms. The van der Waals surface area contributed by atoms with Gasteiger partial charge in [0.05, 0.1) is 6.10 Å². The van der Waals surface area contributed by atoms with Gasteiger partial charge in [-0.15, -0.1) is 0 Å². The van der Waals surface area contributed by atoms with Gasteiger partial charge in [0.2, 0.25) is 0 Å². The predicted molar refractivity (Wildman–Crippen MR) is 83.1 cm³/mol. The summed E-state index contributed by atoms with van der Waals surface area (Å²) in [5.41, 5.74) is 1.35. The number of aliphatic hydroxyl groups is 1. The van der Waals surface area contributed by atoms with Crippen LogP contribution in [0, 0.1) is 5.92 Å². The summed E-state index contributed by atoms with van der Waals surface area (Å²) in [5.74, 6) is 0.633. The lowest BCUT2D eigenvalue weighted by Gasteiger charge is -2.28. The highest BCUT2D eigenvalue weighted by Crippen LogP contribution is 2.25. The standard InChI is InChI=1S/C16H24BrNO/c1-2-16(13-6-8-14(17)9-7-13)18-11-12-4-3-5-15(19)10-12/h6-9,12,15-16,18-19H,2-5,10-11H2,1H3. The highest BCUT2D eigenvalue weighted by Gasteiger charge is 2.20. The van der Waals surface area contributed by atoms with Gasteiger partial charge in [0.25, 0.3) is 0 Å². The molecule has 2 N–H and O–H groups in total. The molecule has 19 heavy (non-hydrogen) atoms. The lowest BCUT2D eigenvalue weighted by atomic mass is 9.87. The van der Waals surface area contributed by atoms with Crippen LogP contribution in [0.4, 0.5) is 0 Å². The molecule has 106 valence electrons. The van der Waals surface area contributed by atoms with Crippen LogP contribution in [0.2, 0.25) is 0 Å². The van der Waals surface area contributed by atoms with Crippen molar-refractivity contribution in [1.29, 1.82) is 0 Å². The number of aliphatic hydroxyl groups excluding tert-OH is 1. The average molecular weight is 326 g/mol. The van der Waals surface area contributed by atoms with Crippen LogP contribution in [0.25, 0.3) is 0 Å². The monoisotopic (exact) mass is 325 g/mol. The number of rotatable bonds is 5. The lowest BCUT2D eigenvalue weighted by Crippen LogP contribution is -2.31. The third-order valence-electron chi connectivity index (χ3n) is 4.09. The largest absolute Gasteiger partial charge is 0.393 e. The Morgan fingerprint density at radius 3 is 2.68 bits per heavy atom. The first-order valence-corrected chi connectivity index (χ1v) is 8.15. The predicted octanol–water partition coefficient (Wildman–Crippen LogP) is 4.04. The second-order valence-electron chi connectivity index (χ2n) is 5.61. The average Bonchev–Trinajstić information content (AvgIpc) is 2.41. The van der Waals surface area contributed by atoms with Crippen molar-refractivity contribution >= 4 is 15.9 Å². The van der Waals surface area contributed by atoms with Crippen LogP contribution in [-0.2, 0) is 0 Å². The van der Waals surface area contributed by atoms with E-state index in [4.69, 9.17) is 0 Å². The number of nitrogens with one attached hydrogen (secondary N) is 1. The van der Waals surface area contributed by atoms with E-state index in [2.05, 4.69) is 52.4 Å². The van der Waals surface area contributed by atoms with E-state index >= 15 is 0 Å². The first kappa shape index (κ1) is 15.0. The lowest BCUT2D eigenvalue weighted by molar-refractivity contribution is 0.0995. The molecule has 1 aliphatic rings. The smallest absolute Gasteiger partial charge is 0.0543 e. The van der Waals surface area contributed by atoms with Gasteiger partial charge in [-0.05, 0) is 55.8 Å². The number of benzene rings is 1. The fraction of sp³-hybridized carbons (Fsp3) is 0.625. The van der Waals surface area contributed by atoms with E-state index in [0.717, 1.165) is 30.3 Å². The zero-order chi connectivity index (χ0) is 13.7. The molecule has 0 saturated heterocycles. The Morgan fingerprint density at radius 2 is 2.05 bits per heavy atom. The van der Waals surface area contributed by atoms with Crippen LogP contribution in [0.5, 0.6) is 0 Å². The van der Waals surface area contributed by atoms with Gasteiger partial charge in [-0.2, -0.15) is 0 Å². The van der Waals surface area contributed by atoms with E-state index in [1.54, 1.807) is 0 Å². The normalized spacial score (nSPS) is 25.2. The summed E-state index contributed by atoms with van der Waals surface area (Å²) in [6, 6.07) is 8.99. The first-order valence-electron chi connectivity index (χ1n) is 7.36. The molecule has 0 radical (unpaired) electrons. The highest BCUT2D eigenvalue weighted by atomic mass is 79.9.